The van der Waals surface area contributed by atoms with E-state index in [-0.39, 0.29) is 58.1 Å². The fourth-order valence-electron chi connectivity index (χ4n) is 4.79. The number of carbonyl (C=O) groups excluding carboxylic acids is 2. The summed E-state index contributed by atoms with van der Waals surface area (Å²) >= 11 is 6.49. The molecule has 1 spiro atoms. The number of halogens is 2. The van der Waals surface area contributed by atoms with Crippen LogP contribution in [0.15, 0.2) is 41.7 Å². The van der Waals surface area contributed by atoms with Gasteiger partial charge in [-0.15, -0.1) is 0 Å². The van der Waals surface area contributed by atoms with Gasteiger partial charge in [0.05, 0.1) is 14.2 Å². The van der Waals surface area contributed by atoms with E-state index in [4.69, 9.17) is 30.5 Å². The minimum atomic E-state index is -1.54. The topological polar surface area (TPSA) is 71.1 Å². The van der Waals surface area contributed by atoms with Crippen molar-refractivity contribution in [1.29, 1.82) is 0 Å². The van der Waals surface area contributed by atoms with Gasteiger partial charge in [0.1, 0.15) is 34.0 Å². The highest BCUT2D eigenvalue weighted by molar-refractivity contribution is 6.35. The number of hydrogen-bond acceptors (Lipinski definition) is 6. The minimum Gasteiger partial charge on any atom is -0.496 e. The van der Waals surface area contributed by atoms with Crippen LogP contribution in [0.5, 0.6) is 17.2 Å². The lowest BCUT2D eigenvalue weighted by molar-refractivity contribution is -0.119. The highest BCUT2D eigenvalue weighted by atomic mass is 35.5. The van der Waals surface area contributed by atoms with Crippen LogP contribution in [0.3, 0.4) is 0 Å². The van der Waals surface area contributed by atoms with Crippen molar-refractivity contribution in [2.75, 3.05) is 14.2 Å². The number of benzene rings is 2. The van der Waals surface area contributed by atoms with E-state index in [1.54, 1.807) is 19.1 Å². The van der Waals surface area contributed by atoms with Crippen LogP contribution in [0.1, 0.15) is 41.8 Å². The third kappa shape index (κ3) is 2.70. The maximum atomic E-state index is 13.9. The van der Waals surface area contributed by atoms with Gasteiger partial charge in [-0.3, -0.25) is 9.59 Å². The lowest BCUT2D eigenvalue weighted by Crippen LogP contribution is -2.52. The maximum Gasteiger partial charge on any atom is 0.231 e. The monoisotopic (exact) mass is 458 g/mol. The predicted molar refractivity (Wildman–Crippen MR) is 113 cm³/mol. The largest absolute Gasteiger partial charge is 0.496 e. The second-order valence-electron chi connectivity index (χ2n) is 8.16. The molecule has 2 aromatic rings. The first-order valence-electron chi connectivity index (χ1n) is 10.2. The van der Waals surface area contributed by atoms with Gasteiger partial charge in [0, 0.05) is 30.4 Å². The molecule has 0 radical (unpaired) electrons. The molecular weight excluding hydrogens is 439 g/mol. The van der Waals surface area contributed by atoms with E-state index in [0.29, 0.717) is 16.9 Å². The zero-order valence-electron chi connectivity index (χ0n) is 17.7. The number of ether oxygens (including phenoxy) is 4. The van der Waals surface area contributed by atoms with E-state index in [2.05, 4.69) is 0 Å². The number of fused-ring (bicyclic) bond motifs is 2. The van der Waals surface area contributed by atoms with Crippen LogP contribution < -0.4 is 14.2 Å². The quantitative estimate of drug-likeness (QED) is 0.655. The minimum absolute atomic E-state index is 0.0919. The average molecular weight is 459 g/mol. The third-order valence-electron chi connectivity index (χ3n) is 6.44. The molecule has 2 aliphatic heterocycles. The molecule has 0 bridgehead atoms. The smallest absolute Gasteiger partial charge is 0.231 e. The summed E-state index contributed by atoms with van der Waals surface area (Å²) in [7, 11) is 2.89. The maximum absolute atomic E-state index is 13.9. The van der Waals surface area contributed by atoms with Crippen molar-refractivity contribution in [3.8, 4) is 17.2 Å². The molecule has 32 heavy (non-hydrogen) atoms. The standard InChI is InChI=1S/C24H20ClFO6/c1-11-8-15(27)14-9-16(12-4-6-13(26)7-5-12)31-23(14)24(11)22(28)19-17(29-2)10-18(30-3)20(25)21(19)32-24/h4-7,10-11,16H,8-9H2,1-3H3/t11-,16-,24-/m1/s1. The summed E-state index contributed by atoms with van der Waals surface area (Å²) in [6.45, 7) is 1.78. The van der Waals surface area contributed by atoms with Gasteiger partial charge in [0.15, 0.2) is 17.3 Å². The lowest BCUT2D eigenvalue weighted by atomic mass is 9.73. The molecule has 3 aliphatic rings. The Morgan fingerprint density at radius 3 is 2.44 bits per heavy atom. The van der Waals surface area contributed by atoms with Gasteiger partial charge in [0.2, 0.25) is 11.4 Å². The summed E-state index contributed by atoms with van der Waals surface area (Å²) in [5, 5.41) is 0.146. The Balaban J connectivity index is 1.63. The Morgan fingerprint density at radius 1 is 1.09 bits per heavy atom. The fourth-order valence-corrected chi connectivity index (χ4v) is 5.06. The first kappa shape index (κ1) is 20.8. The molecule has 0 N–H and O–H groups in total. The number of carbonyl (C=O) groups is 2. The van der Waals surface area contributed by atoms with Crippen LogP contribution in [-0.2, 0) is 9.53 Å². The van der Waals surface area contributed by atoms with E-state index < -0.39 is 17.6 Å². The average Bonchev–Trinajstić information content (AvgIpc) is 3.36. The molecule has 3 atom stereocenters. The molecule has 0 aromatic heterocycles. The van der Waals surface area contributed by atoms with Crippen LogP contribution in [0, 0.1) is 11.7 Å². The van der Waals surface area contributed by atoms with Crippen molar-refractivity contribution in [1.82, 2.24) is 0 Å². The Morgan fingerprint density at radius 2 is 1.78 bits per heavy atom. The lowest BCUT2D eigenvalue weighted by Gasteiger charge is -2.37. The summed E-state index contributed by atoms with van der Waals surface area (Å²) in [6.07, 6.45) is -0.136. The third-order valence-corrected chi connectivity index (χ3v) is 6.80. The van der Waals surface area contributed by atoms with Gasteiger partial charge in [-0.1, -0.05) is 30.7 Å². The molecule has 2 heterocycles. The summed E-state index contributed by atoms with van der Waals surface area (Å²) in [5.74, 6) is -0.422. The number of ketones is 2. The summed E-state index contributed by atoms with van der Waals surface area (Å²) < 4.78 is 36.7. The molecule has 6 nitrogen and oxygen atoms in total. The molecule has 1 aliphatic carbocycles. The summed E-state index contributed by atoms with van der Waals surface area (Å²) in [6, 6.07) is 7.42. The van der Waals surface area contributed by atoms with E-state index >= 15 is 0 Å². The van der Waals surface area contributed by atoms with Crippen LogP contribution >= 0.6 is 11.6 Å². The van der Waals surface area contributed by atoms with E-state index in [1.165, 1.54) is 32.4 Å². The van der Waals surface area contributed by atoms with Crippen molar-refractivity contribution in [2.45, 2.75) is 31.5 Å². The highest BCUT2D eigenvalue weighted by Crippen LogP contribution is 2.58. The molecule has 2 aromatic carbocycles. The van der Waals surface area contributed by atoms with Crippen LogP contribution in [0.2, 0.25) is 5.02 Å². The Kier molecular flexibility index (Phi) is 4.71. The van der Waals surface area contributed by atoms with Crippen LogP contribution in [0.4, 0.5) is 4.39 Å². The first-order valence-corrected chi connectivity index (χ1v) is 10.6. The molecule has 0 unspecified atom stereocenters. The van der Waals surface area contributed by atoms with E-state index in [9.17, 15) is 14.0 Å². The highest BCUT2D eigenvalue weighted by Gasteiger charge is 2.63. The molecule has 8 heteroatoms. The van der Waals surface area contributed by atoms with Crippen molar-refractivity contribution < 1.29 is 32.9 Å². The number of Topliss-reactive ketones (excluding diaryl/α,β-unsaturated/α-hetero) is 2. The number of hydrogen-bond donors (Lipinski definition) is 0. The van der Waals surface area contributed by atoms with Crippen molar-refractivity contribution >= 4 is 23.2 Å². The molecule has 0 fully saturated rings. The number of methoxy groups -OCH3 is 2. The zero-order valence-corrected chi connectivity index (χ0v) is 18.4. The van der Waals surface area contributed by atoms with Crippen molar-refractivity contribution in [3.63, 3.8) is 0 Å². The fraction of sp³-hybridized carbons (Fsp3) is 0.333. The Hall–Kier alpha value is -3.06. The molecule has 0 saturated carbocycles. The zero-order chi connectivity index (χ0) is 22.8. The molecule has 0 amide bonds. The SMILES string of the molecule is COc1cc(OC)c2c(c1Cl)O[C@]1(C2=O)C2=C(C[C@H](c3ccc(F)cc3)O2)C(=O)C[C@H]1C. The second-order valence-corrected chi connectivity index (χ2v) is 8.54. The van der Waals surface area contributed by atoms with Crippen LogP contribution in [-0.4, -0.2) is 31.4 Å². The predicted octanol–water partition coefficient (Wildman–Crippen LogP) is 4.83. The van der Waals surface area contributed by atoms with Gasteiger partial charge >= 0.3 is 0 Å². The molecule has 5 rings (SSSR count). The Labute approximate surface area is 188 Å². The van der Waals surface area contributed by atoms with Gasteiger partial charge in [-0.2, -0.15) is 0 Å². The van der Waals surface area contributed by atoms with Gasteiger partial charge in [-0.25, -0.2) is 4.39 Å². The van der Waals surface area contributed by atoms with Gasteiger partial charge in [-0.05, 0) is 17.7 Å². The van der Waals surface area contributed by atoms with E-state index in [0.717, 1.165) is 0 Å². The normalized spacial score (nSPS) is 26.0. The molecular formula is C24H20ClFO6. The van der Waals surface area contributed by atoms with Gasteiger partial charge < -0.3 is 18.9 Å². The summed E-state index contributed by atoms with van der Waals surface area (Å²) in [5.41, 5.74) is -0.221. The van der Waals surface area contributed by atoms with Crippen molar-refractivity contribution in [3.05, 3.63) is 63.6 Å². The number of rotatable bonds is 3. The van der Waals surface area contributed by atoms with Crippen LogP contribution in [0.25, 0.3) is 0 Å². The molecule has 166 valence electrons. The van der Waals surface area contributed by atoms with Gasteiger partial charge in [0.25, 0.3) is 0 Å². The second kappa shape index (κ2) is 7.24. The van der Waals surface area contributed by atoms with Crippen molar-refractivity contribution in [2.24, 2.45) is 5.92 Å². The molecule has 0 saturated heterocycles. The van der Waals surface area contributed by atoms with E-state index in [1.807, 2.05) is 0 Å². The first-order chi connectivity index (χ1) is 15.3. The summed E-state index contributed by atoms with van der Waals surface area (Å²) in [4.78, 5) is 26.8. The Bertz CT molecular complexity index is 1190.